The molecule has 1 rings (SSSR count). The van der Waals surface area contributed by atoms with Crippen LogP contribution < -0.4 is 4.74 Å². The number of nitrogens with zero attached hydrogens (tertiary/aromatic N) is 3. The van der Waals surface area contributed by atoms with Crippen molar-refractivity contribution >= 4 is 11.6 Å². The molecule has 0 bridgehead atoms. The van der Waals surface area contributed by atoms with Crippen LogP contribution in [0.2, 0.25) is 0 Å². The Morgan fingerprint density at radius 3 is 2.65 bits per heavy atom. The summed E-state index contributed by atoms with van der Waals surface area (Å²) in [5, 5.41) is 19.5. The van der Waals surface area contributed by atoms with Gasteiger partial charge in [0.1, 0.15) is 6.54 Å². The van der Waals surface area contributed by atoms with Crippen molar-refractivity contribution in [3.63, 3.8) is 0 Å². The third kappa shape index (κ3) is 3.23. The lowest BCUT2D eigenvalue weighted by molar-refractivity contribution is -0.385. The summed E-state index contributed by atoms with van der Waals surface area (Å²) in [5.41, 5.74) is 0.0387. The molecule has 7 heteroatoms. The zero-order valence-corrected chi connectivity index (χ0v) is 11.5. The van der Waals surface area contributed by atoms with Gasteiger partial charge in [-0.15, -0.1) is 0 Å². The van der Waals surface area contributed by atoms with Crippen LogP contribution in [0.5, 0.6) is 5.75 Å². The molecule has 0 saturated heterocycles. The summed E-state index contributed by atoms with van der Waals surface area (Å²) in [4.78, 5) is 23.9. The Morgan fingerprint density at radius 1 is 1.55 bits per heavy atom. The molecule has 106 valence electrons. The molecule has 1 amide bonds. The molecule has 0 N–H and O–H groups in total. The van der Waals surface area contributed by atoms with Crippen molar-refractivity contribution in [2.24, 2.45) is 0 Å². The molecule has 0 aliphatic carbocycles. The first-order valence-electron chi connectivity index (χ1n) is 5.92. The maximum atomic E-state index is 12.3. The van der Waals surface area contributed by atoms with Gasteiger partial charge in [0.15, 0.2) is 5.75 Å². The fraction of sp³-hybridized carbons (Fsp3) is 0.385. The molecule has 0 unspecified atom stereocenters. The van der Waals surface area contributed by atoms with Crippen LogP contribution in [0.1, 0.15) is 24.2 Å². The fourth-order valence-corrected chi connectivity index (χ4v) is 1.69. The van der Waals surface area contributed by atoms with Crippen molar-refractivity contribution < 1.29 is 14.5 Å². The molecular weight excluding hydrogens is 262 g/mol. The van der Waals surface area contributed by atoms with E-state index in [-0.39, 0.29) is 35.5 Å². The van der Waals surface area contributed by atoms with Gasteiger partial charge < -0.3 is 9.64 Å². The summed E-state index contributed by atoms with van der Waals surface area (Å²) in [6.07, 6.45) is 0. The number of rotatable bonds is 5. The van der Waals surface area contributed by atoms with E-state index in [1.165, 1.54) is 30.2 Å². The summed E-state index contributed by atoms with van der Waals surface area (Å²) >= 11 is 0. The Labute approximate surface area is 116 Å². The molecule has 0 aromatic heterocycles. The second-order valence-electron chi connectivity index (χ2n) is 4.33. The normalized spacial score (nSPS) is 9.95. The maximum absolute atomic E-state index is 12.3. The van der Waals surface area contributed by atoms with E-state index in [9.17, 15) is 14.9 Å². The summed E-state index contributed by atoms with van der Waals surface area (Å²) in [6, 6.07) is 5.66. The first-order chi connectivity index (χ1) is 9.42. The topological polar surface area (TPSA) is 96.5 Å². The number of carbonyl (C=O) groups is 1. The van der Waals surface area contributed by atoms with Crippen LogP contribution in [0, 0.1) is 21.4 Å². The number of methoxy groups -OCH3 is 1. The smallest absolute Gasteiger partial charge is 0.310 e. The van der Waals surface area contributed by atoms with E-state index in [2.05, 4.69) is 0 Å². The van der Waals surface area contributed by atoms with Crippen molar-refractivity contribution in [3.05, 3.63) is 33.9 Å². The van der Waals surface area contributed by atoms with Crippen molar-refractivity contribution in [1.29, 1.82) is 5.26 Å². The predicted molar refractivity (Wildman–Crippen MR) is 71.4 cm³/mol. The van der Waals surface area contributed by atoms with Gasteiger partial charge in [0.25, 0.3) is 5.91 Å². The van der Waals surface area contributed by atoms with Crippen molar-refractivity contribution in [3.8, 4) is 11.8 Å². The lowest BCUT2D eigenvalue weighted by atomic mass is 10.1. The van der Waals surface area contributed by atoms with Gasteiger partial charge in [-0.1, -0.05) is 0 Å². The molecule has 0 fully saturated rings. The third-order valence-corrected chi connectivity index (χ3v) is 2.75. The quantitative estimate of drug-likeness (QED) is 0.465. The first kappa shape index (κ1) is 15.4. The Hall–Kier alpha value is -2.62. The van der Waals surface area contributed by atoms with Gasteiger partial charge in [-0.2, -0.15) is 5.26 Å². The van der Waals surface area contributed by atoms with E-state index in [1.54, 1.807) is 13.8 Å². The van der Waals surface area contributed by atoms with E-state index >= 15 is 0 Å². The number of hydrogen-bond acceptors (Lipinski definition) is 5. The zero-order valence-electron chi connectivity index (χ0n) is 11.5. The van der Waals surface area contributed by atoms with Gasteiger partial charge in [0.2, 0.25) is 0 Å². The maximum Gasteiger partial charge on any atom is 0.310 e. The molecule has 0 saturated carbocycles. The lowest BCUT2D eigenvalue weighted by Gasteiger charge is -2.23. The fourth-order valence-electron chi connectivity index (χ4n) is 1.69. The van der Waals surface area contributed by atoms with E-state index < -0.39 is 4.92 Å². The first-order valence-corrected chi connectivity index (χ1v) is 5.92. The summed E-state index contributed by atoms with van der Waals surface area (Å²) in [5.74, 6) is -0.351. The van der Waals surface area contributed by atoms with Crippen LogP contribution in [0.15, 0.2) is 18.2 Å². The van der Waals surface area contributed by atoms with E-state index in [0.717, 1.165) is 0 Å². The molecule has 0 spiro atoms. The number of benzene rings is 1. The van der Waals surface area contributed by atoms with Gasteiger partial charge in [-0.05, 0) is 19.9 Å². The highest BCUT2D eigenvalue weighted by Gasteiger charge is 2.22. The number of carbonyl (C=O) groups excluding carboxylic acids is 1. The van der Waals surface area contributed by atoms with E-state index in [1.807, 2.05) is 6.07 Å². The minimum atomic E-state index is -0.581. The number of amides is 1. The highest BCUT2D eigenvalue weighted by Crippen LogP contribution is 2.28. The Kier molecular flexibility index (Phi) is 5.03. The van der Waals surface area contributed by atoms with Crippen LogP contribution in [-0.4, -0.2) is 35.4 Å². The van der Waals surface area contributed by atoms with E-state index in [4.69, 9.17) is 10.00 Å². The Morgan fingerprint density at radius 2 is 2.20 bits per heavy atom. The molecule has 0 radical (unpaired) electrons. The summed E-state index contributed by atoms with van der Waals surface area (Å²) < 4.78 is 4.92. The summed E-state index contributed by atoms with van der Waals surface area (Å²) in [6.45, 7) is 3.53. The van der Waals surface area contributed by atoms with Gasteiger partial charge >= 0.3 is 5.69 Å². The van der Waals surface area contributed by atoms with Crippen molar-refractivity contribution in [1.82, 2.24) is 4.90 Å². The molecule has 0 aliphatic rings. The van der Waals surface area contributed by atoms with Crippen LogP contribution in [-0.2, 0) is 0 Å². The molecule has 1 aromatic carbocycles. The minimum absolute atomic E-state index is 0.0153. The van der Waals surface area contributed by atoms with Gasteiger partial charge in [0, 0.05) is 23.7 Å². The number of nitro benzene ring substituents is 1. The minimum Gasteiger partial charge on any atom is -0.490 e. The molecule has 0 heterocycles. The molecule has 7 nitrogen and oxygen atoms in total. The monoisotopic (exact) mass is 277 g/mol. The average Bonchev–Trinajstić information content (AvgIpc) is 2.42. The second kappa shape index (κ2) is 6.52. The number of nitriles is 1. The largest absolute Gasteiger partial charge is 0.490 e. The zero-order chi connectivity index (χ0) is 15.3. The predicted octanol–water partition coefficient (Wildman–Crippen LogP) is 1.98. The van der Waals surface area contributed by atoms with E-state index in [0.29, 0.717) is 0 Å². The average molecular weight is 277 g/mol. The van der Waals surface area contributed by atoms with Gasteiger partial charge in [-0.3, -0.25) is 14.9 Å². The van der Waals surface area contributed by atoms with Crippen molar-refractivity contribution in [2.45, 2.75) is 19.9 Å². The van der Waals surface area contributed by atoms with Crippen LogP contribution >= 0.6 is 0 Å². The van der Waals surface area contributed by atoms with Crippen LogP contribution in [0.4, 0.5) is 5.69 Å². The highest BCUT2D eigenvalue weighted by atomic mass is 16.6. The second-order valence-corrected chi connectivity index (χ2v) is 4.33. The van der Waals surface area contributed by atoms with Gasteiger partial charge in [-0.25, -0.2) is 0 Å². The molecular formula is C13H15N3O4. The number of ether oxygens (including phenoxy) is 1. The molecule has 20 heavy (non-hydrogen) atoms. The van der Waals surface area contributed by atoms with Crippen LogP contribution in [0.25, 0.3) is 0 Å². The molecule has 1 aromatic rings. The highest BCUT2D eigenvalue weighted by molar-refractivity contribution is 5.95. The SMILES string of the molecule is COc1cc(C(=O)N(CC#N)C(C)C)ccc1[N+](=O)[O-]. The number of nitro groups is 1. The Bertz CT molecular complexity index is 563. The molecule has 0 atom stereocenters. The molecule has 0 aliphatic heterocycles. The van der Waals surface area contributed by atoms with Gasteiger partial charge in [0.05, 0.1) is 18.1 Å². The third-order valence-electron chi connectivity index (χ3n) is 2.75. The standard InChI is InChI=1S/C13H15N3O4/c1-9(2)15(7-6-14)13(17)10-4-5-11(16(18)19)12(8-10)20-3/h4-5,8-9H,7H2,1-3H3. The summed E-state index contributed by atoms with van der Waals surface area (Å²) in [7, 11) is 1.30. The lowest BCUT2D eigenvalue weighted by Crippen LogP contribution is -2.37. The number of hydrogen-bond donors (Lipinski definition) is 0. The van der Waals surface area contributed by atoms with Crippen molar-refractivity contribution in [2.75, 3.05) is 13.7 Å². The Balaban J connectivity index is 3.17. The van der Waals surface area contributed by atoms with Crippen LogP contribution in [0.3, 0.4) is 0 Å².